The van der Waals surface area contributed by atoms with Gasteiger partial charge in [-0.05, 0) is 57.9 Å². The first-order valence-electron chi connectivity index (χ1n) is 10.3. The highest BCUT2D eigenvalue weighted by Gasteiger charge is 2.17. The summed E-state index contributed by atoms with van der Waals surface area (Å²) in [6.45, 7) is 9.25. The predicted octanol–water partition coefficient (Wildman–Crippen LogP) is 5.54. The molecule has 0 aliphatic carbocycles. The van der Waals surface area contributed by atoms with Crippen molar-refractivity contribution in [2.45, 2.75) is 40.2 Å². The molecule has 0 fully saturated rings. The van der Waals surface area contributed by atoms with E-state index in [9.17, 15) is 4.79 Å². The number of aryl methyl sites for hydroxylation is 3. The first-order valence-corrected chi connectivity index (χ1v) is 11.4. The lowest BCUT2D eigenvalue weighted by molar-refractivity contribution is 0.112. The molecule has 0 saturated carbocycles. The first-order chi connectivity index (χ1) is 14.5. The molecule has 2 aromatic heterocycles. The van der Waals surface area contributed by atoms with Crippen molar-refractivity contribution in [2.75, 3.05) is 38.0 Å². The topological polar surface area (TPSA) is 55.8 Å². The van der Waals surface area contributed by atoms with Crippen LogP contribution in [-0.2, 0) is 11.3 Å². The average molecular weight is 454 g/mol. The molecule has 0 aliphatic heterocycles. The number of unbranched alkanes of at least 4 members (excludes halogenated alkanes) is 1. The maximum atomic E-state index is 12.6. The number of rotatable bonds is 11. The maximum Gasteiger partial charge on any atom is 0.342 e. The molecule has 0 aliphatic rings. The fourth-order valence-electron chi connectivity index (χ4n) is 3.80. The molecule has 30 heavy (non-hydrogen) atoms. The molecule has 3 aromatic rings. The Kier molecular flexibility index (Phi) is 8.23. The quantitative estimate of drug-likeness (QED) is 0.216. The van der Waals surface area contributed by atoms with Gasteiger partial charge < -0.3 is 18.5 Å². The second-order valence-corrected chi connectivity index (χ2v) is 8.38. The summed E-state index contributed by atoms with van der Waals surface area (Å²) in [5.41, 5.74) is 3.33. The minimum atomic E-state index is -0.346. The molecule has 2 heterocycles. The maximum absolute atomic E-state index is 12.6. The molecule has 0 bridgehead atoms. The van der Waals surface area contributed by atoms with Gasteiger partial charge in [0.1, 0.15) is 16.9 Å². The van der Waals surface area contributed by atoms with Crippen LogP contribution in [0, 0.1) is 20.8 Å². The zero-order chi connectivity index (χ0) is 21.7. The summed E-state index contributed by atoms with van der Waals surface area (Å²) >= 11 is 11.6. The van der Waals surface area contributed by atoms with Gasteiger partial charge >= 0.3 is 5.63 Å². The van der Waals surface area contributed by atoms with Crippen LogP contribution < -0.4 is 5.63 Å². The van der Waals surface area contributed by atoms with E-state index < -0.39 is 0 Å². The van der Waals surface area contributed by atoms with Crippen LogP contribution in [0.1, 0.15) is 35.3 Å². The highest BCUT2D eigenvalue weighted by atomic mass is 35.5. The van der Waals surface area contributed by atoms with Crippen molar-refractivity contribution in [2.24, 2.45) is 0 Å². The zero-order valence-corrected chi connectivity index (χ0v) is 19.4. The summed E-state index contributed by atoms with van der Waals surface area (Å²) < 4.78 is 17.2. The average Bonchev–Trinajstić information content (AvgIpc) is 3.09. The number of alkyl halides is 2. The lowest BCUT2D eigenvalue weighted by Crippen LogP contribution is -2.29. The van der Waals surface area contributed by atoms with Gasteiger partial charge in [0.2, 0.25) is 0 Å². The number of hydrogen-bond acceptors (Lipinski definition) is 5. The standard InChI is InChI=1S/C23H29Cl2NO4/c1-15-12-18-13-19-16(2)20(23(27)30-22(19)17(3)21(18)29-15)14-28-11-5-4-8-26(9-6-24)10-7-25/h12-13H,4-11,14H2,1-3H3. The lowest BCUT2D eigenvalue weighted by atomic mass is 10.0. The monoisotopic (exact) mass is 453 g/mol. The Hall–Kier alpha value is -1.53. The zero-order valence-electron chi connectivity index (χ0n) is 17.9. The van der Waals surface area contributed by atoms with Crippen LogP contribution >= 0.6 is 23.2 Å². The Morgan fingerprint density at radius 3 is 2.37 bits per heavy atom. The van der Waals surface area contributed by atoms with Crippen LogP contribution in [0.5, 0.6) is 0 Å². The first kappa shape index (κ1) is 23.1. The van der Waals surface area contributed by atoms with Gasteiger partial charge in [-0.25, -0.2) is 4.79 Å². The van der Waals surface area contributed by atoms with Gasteiger partial charge in [0.15, 0.2) is 0 Å². The van der Waals surface area contributed by atoms with Crippen molar-refractivity contribution in [1.82, 2.24) is 4.90 Å². The fraction of sp³-hybridized carbons (Fsp3) is 0.522. The van der Waals surface area contributed by atoms with Gasteiger partial charge in [-0.15, -0.1) is 23.2 Å². The number of ether oxygens (including phenoxy) is 1. The van der Waals surface area contributed by atoms with Crippen LogP contribution in [-0.4, -0.2) is 42.9 Å². The van der Waals surface area contributed by atoms with E-state index in [1.54, 1.807) is 0 Å². The lowest BCUT2D eigenvalue weighted by Gasteiger charge is -2.19. The van der Waals surface area contributed by atoms with Crippen molar-refractivity contribution in [1.29, 1.82) is 0 Å². The molecule has 5 nitrogen and oxygen atoms in total. The molecule has 0 amide bonds. The SMILES string of the molecule is Cc1cc2cc3c(C)c(COCCCCN(CCCl)CCCl)c(=O)oc3c(C)c2o1. The number of nitrogens with zero attached hydrogens (tertiary/aromatic N) is 1. The third-order valence-corrected chi connectivity index (χ3v) is 5.81. The fourth-order valence-corrected chi connectivity index (χ4v) is 4.27. The molecule has 0 spiro atoms. The van der Waals surface area contributed by atoms with E-state index in [0.717, 1.165) is 65.7 Å². The number of halogens is 2. The Morgan fingerprint density at radius 1 is 0.933 bits per heavy atom. The van der Waals surface area contributed by atoms with Gasteiger partial charge in [-0.2, -0.15) is 0 Å². The molecular weight excluding hydrogens is 425 g/mol. The number of hydrogen-bond donors (Lipinski definition) is 0. The Labute approximate surface area is 186 Å². The van der Waals surface area contributed by atoms with Crippen LogP contribution in [0.2, 0.25) is 0 Å². The van der Waals surface area contributed by atoms with Gasteiger partial charge in [0, 0.05) is 47.8 Å². The predicted molar refractivity (Wildman–Crippen MR) is 123 cm³/mol. The molecule has 3 rings (SSSR count). The smallest absolute Gasteiger partial charge is 0.342 e. The van der Waals surface area contributed by atoms with E-state index in [1.807, 2.05) is 32.9 Å². The van der Waals surface area contributed by atoms with Crippen molar-refractivity contribution in [3.8, 4) is 0 Å². The molecule has 0 N–H and O–H groups in total. The Morgan fingerprint density at radius 2 is 1.67 bits per heavy atom. The van der Waals surface area contributed by atoms with Crippen molar-refractivity contribution >= 4 is 45.1 Å². The summed E-state index contributed by atoms with van der Waals surface area (Å²) in [6.07, 6.45) is 1.91. The molecule has 7 heteroatoms. The molecule has 0 saturated heterocycles. The number of furan rings is 1. The summed E-state index contributed by atoms with van der Waals surface area (Å²) in [5, 5.41) is 1.94. The molecule has 0 radical (unpaired) electrons. The van der Waals surface area contributed by atoms with Gasteiger partial charge in [-0.3, -0.25) is 0 Å². The summed E-state index contributed by atoms with van der Waals surface area (Å²) in [7, 11) is 0. The normalized spacial score (nSPS) is 11.9. The van der Waals surface area contributed by atoms with E-state index >= 15 is 0 Å². The Balaban J connectivity index is 1.65. The van der Waals surface area contributed by atoms with Crippen molar-refractivity contribution < 1.29 is 13.6 Å². The minimum absolute atomic E-state index is 0.249. The third-order valence-electron chi connectivity index (χ3n) is 5.47. The van der Waals surface area contributed by atoms with E-state index in [-0.39, 0.29) is 12.2 Å². The van der Waals surface area contributed by atoms with Crippen LogP contribution in [0.3, 0.4) is 0 Å². The second-order valence-electron chi connectivity index (χ2n) is 7.63. The summed E-state index contributed by atoms with van der Waals surface area (Å²) in [5.74, 6) is 2.05. The van der Waals surface area contributed by atoms with Crippen molar-refractivity contribution in [3.05, 3.63) is 45.0 Å². The molecule has 0 unspecified atom stereocenters. The van der Waals surface area contributed by atoms with Crippen LogP contribution in [0.15, 0.2) is 25.8 Å². The van der Waals surface area contributed by atoms with E-state index in [1.165, 1.54) is 0 Å². The third kappa shape index (κ3) is 5.20. The van der Waals surface area contributed by atoms with Crippen LogP contribution in [0.25, 0.3) is 21.9 Å². The van der Waals surface area contributed by atoms with Crippen LogP contribution in [0.4, 0.5) is 0 Å². The highest BCUT2D eigenvalue weighted by Crippen LogP contribution is 2.31. The number of benzene rings is 1. The molecule has 0 atom stereocenters. The van der Waals surface area contributed by atoms with Crippen molar-refractivity contribution in [3.63, 3.8) is 0 Å². The Bertz CT molecular complexity index is 1050. The van der Waals surface area contributed by atoms with E-state index in [4.69, 9.17) is 36.8 Å². The largest absolute Gasteiger partial charge is 0.461 e. The highest BCUT2D eigenvalue weighted by molar-refractivity contribution is 6.18. The molecular formula is C23H29Cl2NO4. The summed E-state index contributed by atoms with van der Waals surface area (Å²) in [6, 6.07) is 4.03. The van der Waals surface area contributed by atoms with Gasteiger partial charge in [-0.1, -0.05) is 0 Å². The van der Waals surface area contributed by atoms with E-state index in [0.29, 0.717) is 29.5 Å². The minimum Gasteiger partial charge on any atom is -0.461 e. The van der Waals surface area contributed by atoms with Gasteiger partial charge in [0.25, 0.3) is 0 Å². The van der Waals surface area contributed by atoms with E-state index in [2.05, 4.69) is 4.90 Å². The van der Waals surface area contributed by atoms with Gasteiger partial charge in [0.05, 0.1) is 12.2 Å². The molecule has 1 aromatic carbocycles. The molecule has 164 valence electrons. The number of fused-ring (bicyclic) bond motifs is 2. The second kappa shape index (κ2) is 10.7. The summed E-state index contributed by atoms with van der Waals surface area (Å²) in [4.78, 5) is 14.8.